The topological polar surface area (TPSA) is 70.0 Å². The summed E-state index contributed by atoms with van der Waals surface area (Å²) in [6, 6.07) is 17.2. The molecule has 1 atom stereocenters. The number of nitrogens with one attached hydrogen (secondary N) is 1. The Hall–Kier alpha value is -2.16. The second-order valence-corrected chi connectivity index (χ2v) is 7.57. The maximum Gasteiger partial charge on any atom is 0.241 e. The summed E-state index contributed by atoms with van der Waals surface area (Å²) in [5, 5.41) is 8.94. The predicted octanol–water partition coefficient (Wildman–Crippen LogP) is 3.62. The summed E-state index contributed by atoms with van der Waals surface area (Å²) in [5.74, 6) is 0.341. The SMILES string of the molecule is CC(C)CC(NS(=O)(=O)c1cccc(C#N)c1)c1ccccc1. The van der Waals surface area contributed by atoms with Gasteiger partial charge in [0.1, 0.15) is 0 Å². The van der Waals surface area contributed by atoms with Gasteiger partial charge in [-0.05, 0) is 36.1 Å². The van der Waals surface area contributed by atoms with Crippen LogP contribution in [0.15, 0.2) is 59.5 Å². The summed E-state index contributed by atoms with van der Waals surface area (Å²) >= 11 is 0. The first-order valence-corrected chi connectivity index (χ1v) is 8.98. The predicted molar refractivity (Wildman–Crippen MR) is 90.1 cm³/mol. The van der Waals surface area contributed by atoms with E-state index in [1.807, 2.05) is 36.4 Å². The number of nitrogens with zero attached hydrogens (tertiary/aromatic N) is 1. The molecule has 0 radical (unpaired) electrons. The second kappa shape index (κ2) is 7.40. The Labute approximate surface area is 137 Å². The minimum absolute atomic E-state index is 0.112. The van der Waals surface area contributed by atoms with Crippen LogP contribution >= 0.6 is 0 Å². The number of benzene rings is 2. The van der Waals surface area contributed by atoms with E-state index in [-0.39, 0.29) is 10.9 Å². The fourth-order valence-electron chi connectivity index (χ4n) is 2.40. The molecular weight excluding hydrogens is 308 g/mol. The van der Waals surface area contributed by atoms with Crippen LogP contribution in [-0.4, -0.2) is 8.42 Å². The fraction of sp³-hybridized carbons (Fsp3) is 0.278. The van der Waals surface area contributed by atoms with Gasteiger partial charge in [-0.15, -0.1) is 0 Å². The van der Waals surface area contributed by atoms with Gasteiger partial charge in [0.25, 0.3) is 0 Å². The molecule has 1 N–H and O–H groups in total. The van der Waals surface area contributed by atoms with Crippen molar-refractivity contribution in [1.82, 2.24) is 4.72 Å². The van der Waals surface area contributed by atoms with Crippen LogP contribution in [0.4, 0.5) is 0 Å². The number of nitriles is 1. The molecule has 0 aliphatic carbocycles. The molecule has 0 aliphatic rings. The molecule has 23 heavy (non-hydrogen) atoms. The van der Waals surface area contributed by atoms with Gasteiger partial charge in [0.15, 0.2) is 0 Å². The van der Waals surface area contributed by atoms with Crippen molar-refractivity contribution in [2.75, 3.05) is 0 Å². The molecule has 0 saturated heterocycles. The third-order valence-electron chi connectivity index (χ3n) is 3.48. The average molecular weight is 328 g/mol. The Balaban J connectivity index is 2.32. The van der Waals surface area contributed by atoms with E-state index in [1.165, 1.54) is 12.1 Å². The largest absolute Gasteiger partial charge is 0.241 e. The molecule has 0 aliphatic heterocycles. The quantitative estimate of drug-likeness (QED) is 0.880. The first-order chi connectivity index (χ1) is 10.9. The number of rotatable bonds is 6. The van der Waals surface area contributed by atoms with Gasteiger partial charge in [0.2, 0.25) is 10.0 Å². The Morgan fingerprint density at radius 2 is 1.78 bits per heavy atom. The van der Waals surface area contributed by atoms with Gasteiger partial charge in [-0.25, -0.2) is 13.1 Å². The Morgan fingerprint density at radius 1 is 1.09 bits per heavy atom. The van der Waals surface area contributed by atoms with Crippen LogP contribution in [0.3, 0.4) is 0 Å². The summed E-state index contributed by atoms with van der Waals surface area (Å²) in [4.78, 5) is 0.112. The molecule has 0 saturated carbocycles. The maximum atomic E-state index is 12.6. The number of hydrogen-bond donors (Lipinski definition) is 1. The summed E-state index contributed by atoms with van der Waals surface area (Å²) in [6.07, 6.45) is 0.696. The van der Waals surface area contributed by atoms with Gasteiger partial charge in [0.05, 0.1) is 16.5 Å². The lowest BCUT2D eigenvalue weighted by atomic mass is 9.98. The maximum absolute atomic E-state index is 12.6. The summed E-state index contributed by atoms with van der Waals surface area (Å²) in [7, 11) is -3.69. The van der Waals surface area contributed by atoms with Gasteiger partial charge in [0, 0.05) is 6.04 Å². The lowest BCUT2D eigenvalue weighted by molar-refractivity contribution is 0.472. The smallest absolute Gasteiger partial charge is 0.207 e. The van der Waals surface area contributed by atoms with Crippen molar-refractivity contribution in [2.45, 2.75) is 31.2 Å². The molecule has 2 aromatic rings. The van der Waals surface area contributed by atoms with E-state index in [0.29, 0.717) is 17.9 Å². The van der Waals surface area contributed by atoms with E-state index in [2.05, 4.69) is 18.6 Å². The zero-order valence-electron chi connectivity index (χ0n) is 13.2. The van der Waals surface area contributed by atoms with Crippen molar-refractivity contribution in [1.29, 1.82) is 5.26 Å². The van der Waals surface area contributed by atoms with E-state index >= 15 is 0 Å². The first-order valence-electron chi connectivity index (χ1n) is 7.50. The van der Waals surface area contributed by atoms with E-state index in [9.17, 15) is 8.42 Å². The first kappa shape index (κ1) is 17.2. The van der Waals surface area contributed by atoms with Crippen molar-refractivity contribution in [3.63, 3.8) is 0 Å². The monoisotopic (exact) mass is 328 g/mol. The highest BCUT2D eigenvalue weighted by atomic mass is 32.2. The zero-order valence-corrected chi connectivity index (χ0v) is 14.0. The van der Waals surface area contributed by atoms with E-state index in [4.69, 9.17) is 5.26 Å². The summed E-state index contributed by atoms with van der Waals surface area (Å²) < 4.78 is 28.1. The third-order valence-corrected chi connectivity index (χ3v) is 4.95. The minimum atomic E-state index is -3.69. The van der Waals surface area contributed by atoms with Gasteiger partial charge < -0.3 is 0 Å². The van der Waals surface area contributed by atoms with Crippen LogP contribution in [0.25, 0.3) is 0 Å². The highest BCUT2D eigenvalue weighted by molar-refractivity contribution is 7.89. The molecule has 2 aromatic carbocycles. The molecule has 0 spiro atoms. The molecule has 0 bridgehead atoms. The third kappa shape index (κ3) is 4.65. The lowest BCUT2D eigenvalue weighted by Gasteiger charge is -2.21. The Morgan fingerprint density at radius 3 is 2.39 bits per heavy atom. The summed E-state index contributed by atoms with van der Waals surface area (Å²) in [6.45, 7) is 4.11. The van der Waals surface area contributed by atoms with Crippen molar-refractivity contribution in [2.24, 2.45) is 5.92 Å². The van der Waals surface area contributed by atoms with Crippen molar-refractivity contribution in [3.05, 3.63) is 65.7 Å². The molecule has 2 rings (SSSR count). The lowest BCUT2D eigenvalue weighted by Crippen LogP contribution is -2.29. The average Bonchev–Trinajstić information content (AvgIpc) is 2.54. The van der Waals surface area contributed by atoms with E-state index in [1.54, 1.807) is 12.1 Å². The van der Waals surface area contributed by atoms with Crippen LogP contribution < -0.4 is 4.72 Å². The van der Waals surface area contributed by atoms with E-state index in [0.717, 1.165) is 5.56 Å². The molecule has 120 valence electrons. The zero-order chi connectivity index (χ0) is 16.9. The van der Waals surface area contributed by atoms with Crippen LogP contribution in [0.2, 0.25) is 0 Å². The van der Waals surface area contributed by atoms with Crippen LogP contribution in [-0.2, 0) is 10.0 Å². The highest BCUT2D eigenvalue weighted by Crippen LogP contribution is 2.24. The Bertz CT molecular complexity index is 793. The standard InChI is InChI=1S/C18H20N2O2S/c1-14(2)11-18(16-8-4-3-5-9-16)20-23(21,22)17-10-6-7-15(12-17)13-19/h3-10,12,14,18,20H,11H2,1-2H3. The van der Waals surface area contributed by atoms with Crippen LogP contribution in [0.1, 0.15) is 37.4 Å². The second-order valence-electron chi connectivity index (χ2n) is 5.85. The molecule has 4 nitrogen and oxygen atoms in total. The molecule has 0 aromatic heterocycles. The van der Waals surface area contributed by atoms with Gasteiger partial charge >= 0.3 is 0 Å². The number of sulfonamides is 1. The van der Waals surface area contributed by atoms with Crippen LogP contribution in [0.5, 0.6) is 0 Å². The van der Waals surface area contributed by atoms with Crippen molar-refractivity contribution >= 4 is 10.0 Å². The van der Waals surface area contributed by atoms with Crippen molar-refractivity contribution < 1.29 is 8.42 Å². The van der Waals surface area contributed by atoms with E-state index < -0.39 is 10.0 Å². The number of hydrogen-bond acceptors (Lipinski definition) is 3. The molecule has 0 amide bonds. The normalized spacial score (nSPS) is 12.8. The molecule has 0 heterocycles. The van der Waals surface area contributed by atoms with Gasteiger partial charge in [-0.2, -0.15) is 5.26 Å². The van der Waals surface area contributed by atoms with Gasteiger partial charge in [-0.3, -0.25) is 0 Å². The van der Waals surface area contributed by atoms with Crippen molar-refractivity contribution in [3.8, 4) is 6.07 Å². The highest BCUT2D eigenvalue weighted by Gasteiger charge is 2.22. The Kier molecular flexibility index (Phi) is 5.54. The minimum Gasteiger partial charge on any atom is -0.207 e. The van der Waals surface area contributed by atoms with Gasteiger partial charge in [-0.1, -0.05) is 50.2 Å². The molecular formula is C18H20N2O2S. The molecule has 5 heteroatoms. The fourth-order valence-corrected chi connectivity index (χ4v) is 3.68. The van der Waals surface area contributed by atoms with Crippen LogP contribution in [0, 0.1) is 17.2 Å². The molecule has 0 fully saturated rings. The molecule has 1 unspecified atom stereocenters. The summed E-state index contributed by atoms with van der Waals surface area (Å²) in [5.41, 5.74) is 1.26.